The molecular weight excluding hydrogens is 342 g/mol. The summed E-state index contributed by atoms with van der Waals surface area (Å²) in [4.78, 5) is 30.1. The number of carbonyl (C=O) groups excluding carboxylic acids is 2. The van der Waals surface area contributed by atoms with Gasteiger partial charge in [-0.1, -0.05) is 0 Å². The third kappa shape index (κ3) is 3.52. The molecule has 6 nitrogen and oxygen atoms in total. The fourth-order valence-corrected chi connectivity index (χ4v) is 3.70. The topological polar surface area (TPSA) is 71.5 Å². The van der Waals surface area contributed by atoms with Crippen LogP contribution in [0.4, 0.5) is 5.82 Å². The van der Waals surface area contributed by atoms with E-state index >= 15 is 0 Å². The smallest absolute Gasteiger partial charge is 0.253 e. The molecule has 6 heteroatoms. The fourth-order valence-electron chi connectivity index (χ4n) is 3.70. The molecule has 0 saturated carbocycles. The lowest BCUT2D eigenvalue weighted by atomic mass is 10.1. The van der Waals surface area contributed by atoms with E-state index in [4.69, 9.17) is 9.72 Å². The number of piperidine rings is 1. The van der Waals surface area contributed by atoms with Gasteiger partial charge >= 0.3 is 0 Å². The molecule has 1 saturated heterocycles. The van der Waals surface area contributed by atoms with Gasteiger partial charge in [0.05, 0.1) is 17.8 Å². The summed E-state index contributed by atoms with van der Waals surface area (Å²) in [6.07, 6.45) is 1.97. The van der Waals surface area contributed by atoms with Crippen molar-refractivity contribution in [3.8, 4) is 5.75 Å². The van der Waals surface area contributed by atoms with Crippen LogP contribution < -0.4 is 15.0 Å². The number of fused-ring (bicyclic) bond motifs is 1. The standard InChI is InChI=1S/C21H23N3O3/c1-13-11-18-19(12-22-21(18)26)23-20(13)24-9-7-17(8-10-24)27-16-5-3-15(4-6-16)14(2)25/h3-6,11,17H,7-10,12H2,1-2H3,(H,22,26). The van der Waals surface area contributed by atoms with E-state index in [9.17, 15) is 9.59 Å². The van der Waals surface area contributed by atoms with Crippen LogP contribution in [0.2, 0.25) is 0 Å². The Balaban J connectivity index is 1.39. The molecule has 1 fully saturated rings. The van der Waals surface area contributed by atoms with Gasteiger partial charge in [0, 0.05) is 31.5 Å². The van der Waals surface area contributed by atoms with Crippen molar-refractivity contribution >= 4 is 17.5 Å². The fraction of sp³-hybridized carbons (Fsp3) is 0.381. The molecule has 3 heterocycles. The van der Waals surface area contributed by atoms with Crippen molar-refractivity contribution in [2.45, 2.75) is 39.3 Å². The minimum Gasteiger partial charge on any atom is -0.490 e. The lowest BCUT2D eigenvalue weighted by molar-refractivity contribution is 0.0964. The Morgan fingerprint density at radius 1 is 1.22 bits per heavy atom. The van der Waals surface area contributed by atoms with E-state index in [1.54, 1.807) is 19.1 Å². The number of ketones is 1. The minimum atomic E-state index is -0.0324. The van der Waals surface area contributed by atoms with Crippen LogP contribution in [0.3, 0.4) is 0 Å². The second-order valence-electron chi connectivity index (χ2n) is 7.19. The maximum absolute atomic E-state index is 11.8. The Bertz CT molecular complexity index is 884. The molecule has 0 unspecified atom stereocenters. The average molecular weight is 365 g/mol. The van der Waals surface area contributed by atoms with Gasteiger partial charge in [0.2, 0.25) is 0 Å². The van der Waals surface area contributed by atoms with Crippen LogP contribution in [-0.2, 0) is 6.54 Å². The molecule has 0 atom stereocenters. The van der Waals surface area contributed by atoms with Crippen molar-refractivity contribution < 1.29 is 14.3 Å². The zero-order valence-electron chi connectivity index (χ0n) is 15.6. The van der Waals surface area contributed by atoms with Gasteiger partial charge in [0.1, 0.15) is 17.7 Å². The average Bonchev–Trinajstić information content (AvgIpc) is 3.02. The summed E-state index contributed by atoms with van der Waals surface area (Å²) in [5.41, 5.74) is 3.27. The van der Waals surface area contributed by atoms with Crippen molar-refractivity contribution in [3.63, 3.8) is 0 Å². The van der Waals surface area contributed by atoms with E-state index in [1.807, 2.05) is 25.1 Å². The molecule has 1 N–H and O–H groups in total. The summed E-state index contributed by atoms with van der Waals surface area (Å²) in [5, 5.41) is 2.83. The van der Waals surface area contributed by atoms with Crippen molar-refractivity contribution in [1.29, 1.82) is 0 Å². The molecule has 0 bridgehead atoms. The summed E-state index contributed by atoms with van der Waals surface area (Å²) in [5.74, 6) is 1.79. The molecule has 1 amide bonds. The number of nitrogens with zero attached hydrogens (tertiary/aromatic N) is 2. The lowest BCUT2D eigenvalue weighted by Crippen LogP contribution is -2.39. The number of benzene rings is 1. The highest BCUT2D eigenvalue weighted by atomic mass is 16.5. The summed E-state index contributed by atoms with van der Waals surface area (Å²) in [6, 6.07) is 9.28. The highest BCUT2D eigenvalue weighted by Gasteiger charge is 2.26. The van der Waals surface area contributed by atoms with Gasteiger partial charge in [-0.05, 0) is 49.7 Å². The molecule has 1 aromatic carbocycles. The number of anilines is 1. The van der Waals surface area contributed by atoms with Crippen LogP contribution in [0.15, 0.2) is 30.3 Å². The molecule has 2 aliphatic rings. The van der Waals surface area contributed by atoms with Gasteiger partial charge in [0.25, 0.3) is 5.91 Å². The van der Waals surface area contributed by atoms with Crippen LogP contribution in [-0.4, -0.2) is 35.9 Å². The van der Waals surface area contributed by atoms with E-state index in [1.165, 1.54) is 0 Å². The zero-order valence-corrected chi connectivity index (χ0v) is 15.6. The SMILES string of the molecule is CC(=O)c1ccc(OC2CCN(c3nc4c(cc3C)C(=O)NC4)CC2)cc1. The van der Waals surface area contributed by atoms with Gasteiger partial charge in [-0.25, -0.2) is 4.98 Å². The number of hydrogen-bond acceptors (Lipinski definition) is 5. The highest BCUT2D eigenvalue weighted by molar-refractivity contribution is 5.98. The number of ether oxygens (including phenoxy) is 1. The highest BCUT2D eigenvalue weighted by Crippen LogP contribution is 2.27. The van der Waals surface area contributed by atoms with Gasteiger partial charge in [-0.2, -0.15) is 0 Å². The minimum absolute atomic E-state index is 0.0324. The summed E-state index contributed by atoms with van der Waals surface area (Å²) in [7, 11) is 0. The monoisotopic (exact) mass is 365 g/mol. The first-order valence-electron chi connectivity index (χ1n) is 9.32. The van der Waals surface area contributed by atoms with E-state index in [2.05, 4.69) is 10.2 Å². The first kappa shape index (κ1) is 17.5. The Hall–Kier alpha value is -2.89. The number of nitrogens with one attached hydrogen (secondary N) is 1. The van der Waals surface area contributed by atoms with Crippen molar-refractivity contribution in [1.82, 2.24) is 10.3 Å². The summed E-state index contributed by atoms with van der Waals surface area (Å²) in [6.45, 7) is 5.81. The quantitative estimate of drug-likeness (QED) is 0.844. The molecule has 2 aromatic rings. The number of aryl methyl sites for hydroxylation is 1. The van der Waals surface area contributed by atoms with Crippen molar-refractivity contribution in [3.05, 3.63) is 52.7 Å². The molecule has 140 valence electrons. The molecule has 0 aliphatic carbocycles. The second kappa shape index (κ2) is 7.02. The van der Waals surface area contributed by atoms with Gasteiger partial charge in [-0.3, -0.25) is 9.59 Å². The van der Waals surface area contributed by atoms with Crippen LogP contribution in [0.25, 0.3) is 0 Å². The van der Waals surface area contributed by atoms with Gasteiger partial charge in [-0.15, -0.1) is 0 Å². The molecule has 2 aliphatic heterocycles. The number of carbonyl (C=O) groups is 2. The van der Waals surface area contributed by atoms with Crippen LogP contribution in [0.1, 0.15) is 51.7 Å². The zero-order chi connectivity index (χ0) is 19.0. The van der Waals surface area contributed by atoms with E-state index in [-0.39, 0.29) is 17.8 Å². The Morgan fingerprint density at radius 3 is 2.59 bits per heavy atom. The molecular formula is C21H23N3O3. The third-order valence-corrected chi connectivity index (χ3v) is 5.23. The van der Waals surface area contributed by atoms with Crippen molar-refractivity contribution in [2.24, 2.45) is 0 Å². The third-order valence-electron chi connectivity index (χ3n) is 5.23. The van der Waals surface area contributed by atoms with Crippen LogP contribution in [0.5, 0.6) is 5.75 Å². The largest absolute Gasteiger partial charge is 0.490 e. The normalized spacial score (nSPS) is 16.8. The molecule has 27 heavy (non-hydrogen) atoms. The van der Waals surface area contributed by atoms with Crippen molar-refractivity contribution in [2.75, 3.05) is 18.0 Å². The second-order valence-corrected chi connectivity index (χ2v) is 7.19. The maximum Gasteiger partial charge on any atom is 0.253 e. The number of pyridine rings is 1. The van der Waals surface area contributed by atoms with E-state index < -0.39 is 0 Å². The Labute approximate surface area is 158 Å². The maximum atomic E-state index is 11.8. The summed E-state index contributed by atoms with van der Waals surface area (Å²) >= 11 is 0. The lowest BCUT2D eigenvalue weighted by Gasteiger charge is -2.34. The first-order valence-corrected chi connectivity index (χ1v) is 9.32. The van der Waals surface area contributed by atoms with Crippen LogP contribution in [0, 0.1) is 6.92 Å². The number of Topliss-reactive ketones (excluding diaryl/α,β-unsaturated/α-hetero) is 1. The molecule has 1 aromatic heterocycles. The number of amides is 1. The Kier molecular flexibility index (Phi) is 4.56. The predicted molar refractivity (Wildman–Crippen MR) is 102 cm³/mol. The molecule has 0 radical (unpaired) electrons. The van der Waals surface area contributed by atoms with E-state index in [0.29, 0.717) is 17.7 Å². The predicted octanol–water partition coefficient (Wildman–Crippen LogP) is 2.88. The van der Waals surface area contributed by atoms with Gasteiger partial charge in [0.15, 0.2) is 5.78 Å². The van der Waals surface area contributed by atoms with E-state index in [0.717, 1.165) is 48.8 Å². The molecule has 0 spiro atoms. The molecule has 4 rings (SSSR count). The number of aromatic nitrogens is 1. The first-order chi connectivity index (χ1) is 13.0. The number of rotatable bonds is 4. The van der Waals surface area contributed by atoms with Gasteiger partial charge < -0.3 is 15.0 Å². The van der Waals surface area contributed by atoms with Crippen LogP contribution >= 0.6 is 0 Å². The summed E-state index contributed by atoms with van der Waals surface area (Å²) < 4.78 is 6.08. The number of hydrogen-bond donors (Lipinski definition) is 1. The Morgan fingerprint density at radius 2 is 1.93 bits per heavy atom.